The molecule has 14 aromatic carbocycles. The highest BCUT2D eigenvalue weighted by Crippen LogP contribution is 2.44. The zero-order valence-corrected chi connectivity index (χ0v) is 51.3. The summed E-state index contributed by atoms with van der Waals surface area (Å²) in [5.74, 6) is 0.537. The lowest BCUT2D eigenvalue weighted by molar-refractivity contribution is 1.09. The van der Waals surface area contributed by atoms with E-state index in [1.54, 1.807) is 0 Å². The van der Waals surface area contributed by atoms with E-state index in [-0.39, 0.29) is 0 Å². The molecule has 17 rings (SSSR count). The highest BCUT2D eigenvalue weighted by Gasteiger charge is 2.23. The molecule has 0 saturated heterocycles. The van der Waals surface area contributed by atoms with Crippen LogP contribution in [0, 0.1) is 0 Å². The molecule has 0 spiro atoms. The fourth-order valence-electron chi connectivity index (χ4n) is 13.7. The van der Waals surface area contributed by atoms with E-state index >= 15 is 0 Å². The van der Waals surface area contributed by atoms with Gasteiger partial charge in [-0.15, -0.1) is 0 Å². The average molecular weight is 1200 g/mol. The van der Waals surface area contributed by atoms with Gasteiger partial charge in [-0.05, 0) is 178 Å². The minimum Gasteiger partial charge on any atom is -0.310 e. The molecule has 3 aromatic heterocycles. The third kappa shape index (κ3) is 10.2. The van der Waals surface area contributed by atoms with Crippen molar-refractivity contribution >= 4 is 78.0 Å². The number of nitrogens with zero attached hydrogens (tertiary/aromatic N) is 6. The Balaban J connectivity index is 0.796. The Kier molecular flexibility index (Phi) is 14.1. The maximum Gasteiger partial charge on any atom is 0.235 e. The van der Waals surface area contributed by atoms with Crippen molar-refractivity contribution in [2.75, 3.05) is 9.80 Å². The van der Waals surface area contributed by atoms with Crippen LogP contribution in [0.25, 0.3) is 122 Å². The second-order valence-corrected chi connectivity index (χ2v) is 23.8. The van der Waals surface area contributed by atoms with E-state index in [0.29, 0.717) is 5.95 Å². The summed E-state index contributed by atoms with van der Waals surface area (Å²) in [6.45, 7) is 0. The Morgan fingerprint density at radius 2 is 0.574 bits per heavy atom. The van der Waals surface area contributed by atoms with Gasteiger partial charge < -0.3 is 14.0 Å². The van der Waals surface area contributed by atoms with Crippen molar-refractivity contribution in [3.8, 4) is 78.4 Å². The standard InChI is InChI=1S/C88H60N6/c1-7-24-61(25-8-1)65-46-53-76(64-26-9-2-10-27-64)79(57-65)83-60-82(89-88(90-83)92(70-31-13-4-14-32-70)74-51-44-63(45-52-74)67-48-55-87-81(59-67)78-39-20-22-41-85(78)94(87)72-35-17-6-18-36-72)68-28-23-37-75(56-68)91(69-29-11-3-12-30-69)73-49-42-62(43-50-73)66-47-54-86-80(58-66)77-38-19-21-40-84(77)93(86)71-33-15-5-16-34-71/h1-60H. The van der Waals surface area contributed by atoms with Gasteiger partial charge in [-0.3, -0.25) is 4.90 Å². The molecule has 0 unspecified atom stereocenters. The first-order valence-corrected chi connectivity index (χ1v) is 32.0. The molecule has 0 aliphatic carbocycles. The van der Waals surface area contributed by atoms with Crippen LogP contribution >= 0.6 is 0 Å². The van der Waals surface area contributed by atoms with Crippen LogP contribution in [0.5, 0.6) is 0 Å². The number of aromatic nitrogens is 4. The van der Waals surface area contributed by atoms with Crippen LogP contribution in [0.15, 0.2) is 364 Å². The molecule has 6 heteroatoms. The smallest absolute Gasteiger partial charge is 0.235 e. The minimum absolute atomic E-state index is 0.537. The zero-order valence-electron chi connectivity index (χ0n) is 51.3. The van der Waals surface area contributed by atoms with Crippen LogP contribution in [0.2, 0.25) is 0 Å². The van der Waals surface area contributed by atoms with Crippen LogP contribution in [0.4, 0.5) is 34.4 Å². The van der Waals surface area contributed by atoms with Gasteiger partial charge in [0.15, 0.2) is 0 Å². The van der Waals surface area contributed by atoms with Crippen LogP contribution in [0.3, 0.4) is 0 Å². The van der Waals surface area contributed by atoms with Gasteiger partial charge in [0.1, 0.15) is 0 Å². The van der Waals surface area contributed by atoms with Gasteiger partial charge in [0, 0.05) is 72.5 Å². The summed E-state index contributed by atoms with van der Waals surface area (Å²) in [6, 6.07) is 130. The predicted molar refractivity (Wildman–Crippen MR) is 393 cm³/mol. The molecule has 0 radical (unpaired) electrons. The van der Waals surface area contributed by atoms with Crippen LogP contribution in [-0.2, 0) is 0 Å². The number of hydrogen-bond acceptors (Lipinski definition) is 4. The molecule has 0 aliphatic rings. The number of hydrogen-bond donors (Lipinski definition) is 0. The maximum atomic E-state index is 5.71. The zero-order chi connectivity index (χ0) is 62.3. The van der Waals surface area contributed by atoms with E-state index in [4.69, 9.17) is 9.97 Å². The van der Waals surface area contributed by atoms with E-state index in [9.17, 15) is 0 Å². The van der Waals surface area contributed by atoms with E-state index in [1.807, 2.05) is 0 Å². The molecule has 0 bridgehead atoms. The molecule has 94 heavy (non-hydrogen) atoms. The van der Waals surface area contributed by atoms with Crippen molar-refractivity contribution in [2.45, 2.75) is 0 Å². The molecule has 0 aliphatic heterocycles. The van der Waals surface area contributed by atoms with Gasteiger partial charge in [0.05, 0.1) is 33.5 Å². The van der Waals surface area contributed by atoms with Crippen molar-refractivity contribution in [1.82, 2.24) is 19.1 Å². The summed E-state index contributed by atoms with van der Waals surface area (Å²) in [7, 11) is 0. The molecular weight excluding hydrogens is 1140 g/mol. The van der Waals surface area contributed by atoms with E-state index in [2.05, 4.69) is 383 Å². The van der Waals surface area contributed by atoms with Crippen molar-refractivity contribution in [3.05, 3.63) is 364 Å². The summed E-state index contributed by atoms with van der Waals surface area (Å²) in [6.07, 6.45) is 0. The average Bonchev–Trinajstić information content (AvgIpc) is 1.58. The van der Waals surface area contributed by atoms with E-state index < -0.39 is 0 Å². The van der Waals surface area contributed by atoms with Crippen LogP contribution in [-0.4, -0.2) is 19.1 Å². The van der Waals surface area contributed by atoms with E-state index in [1.165, 1.54) is 43.6 Å². The third-order valence-electron chi connectivity index (χ3n) is 18.1. The number of rotatable bonds is 14. The number of anilines is 6. The first-order chi connectivity index (χ1) is 46.6. The first-order valence-electron chi connectivity index (χ1n) is 32.0. The first kappa shape index (κ1) is 55.4. The van der Waals surface area contributed by atoms with Crippen molar-refractivity contribution in [3.63, 3.8) is 0 Å². The Labute approximate surface area is 546 Å². The van der Waals surface area contributed by atoms with Gasteiger partial charge in [0.25, 0.3) is 0 Å². The fraction of sp³-hybridized carbons (Fsp3) is 0. The molecule has 3 heterocycles. The van der Waals surface area contributed by atoms with Crippen LogP contribution in [0.1, 0.15) is 0 Å². The van der Waals surface area contributed by atoms with Gasteiger partial charge >= 0.3 is 0 Å². The Hall–Kier alpha value is -12.6. The van der Waals surface area contributed by atoms with Gasteiger partial charge in [-0.25, -0.2) is 9.97 Å². The summed E-state index contributed by atoms with van der Waals surface area (Å²) in [5.41, 5.74) is 24.3. The number of benzene rings is 14. The largest absolute Gasteiger partial charge is 0.310 e. The maximum absolute atomic E-state index is 5.71. The molecule has 442 valence electrons. The minimum atomic E-state index is 0.537. The molecule has 0 N–H and O–H groups in total. The Bertz CT molecular complexity index is 5580. The number of para-hydroxylation sites is 6. The monoisotopic (exact) mass is 1200 g/mol. The molecular formula is C88H60N6. The highest BCUT2D eigenvalue weighted by molar-refractivity contribution is 6.12. The van der Waals surface area contributed by atoms with Crippen LogP contribution < -0.4 is 9.80 Å². The number of fused-ring (bicyclic) bond motifs is 6. The molecule has 6 nitrogen and oxygen atoms in total. The molecule has 17 aromatic rings. The second-order valence-electron chi connectivity index (χ2n) is 23.8. The molecule has 0 fully saturated rings. The lowest BCUT2D eigenvalue weighted by Gasteiger charge is -2.27. The summed E-state index contributed by atoms with van der Waals surface area (Å²) >= 11 is 0. The molecule has 0 amide bonds. The molecule has 0 atom stereocenters. The SMILES string of the molecule is c1ccc(-c2ccc(-c3ccccc3)c(-c3cc(-c4cccc(N(c5ccccc5)c5ccc(-c6ccc7c(c6)c6ccccc6n7-c6ccccc6)cc5)c4)nc(N(c4ccccc4)c4ccc(-c5ccc6c(c5)c5ccccc5n6-c5ccccc5)cc4)n3)c2)cc1. The van der Waals surface area contributed by atoms with Gasteiger partial charge in [-0.1, -0.05) is 231 Å². The topological polar surface area (TPSA) is 42.1 Å². The second kappa shape index (κ2) is 24.0. The van der Waals surface area contributed by atoms with Gasteiger partial charge in [0.2, 0.25) is 5.95 Å². The summed E-state index contributed by atoms with van der Waals surface area (Å²) in [4.78, 5) is 15.9. The lowest BCUT2D eigenvalue weighted by atomic mass is 9.92. The Morgan fingerprint density at radius 3 is 1.12 bits per heavy atom. The van der Waals surface area contributed by atoms with E-state index in [0.717, 1.165) is 107 Å². The predicted octanol–water partition coefficient (Wildman–Crippen LogP) is 23.6. The van der Waals surface area contributed by atoms with Crippen molar-refractivity contribution < 1.29 is 0 Å². The quantitative estimate of drug-likeness (QED) is 0.109. The van der Waals surface area contributed by atoms with Crippen molar-refractivity contribution in [2.24, 2.45) is 0 Å². The molecule has 0 saturated carbocycles. The fourth-order valence-corrected chi connectivity index (χ4v) is 13.7. The Morgan fingerprint density at radius 1 is 0.202 bits per heavy atom. The lowest BCUT2D eigenvalue weighted by Crippen LogP contribution is -2.14. The third-order valence-corrected chi connectivity index (χ3v) is 18.1. The summed E-state index contributed by atoms with van der Waals surface area (Å²) in [5, 5.41) is 4.87. The summed E-state index contributed by atoms with van der Waals surface area (Å²) < 4.78 is 4.73. The normalized spacial score (nSPS) is 11.4. The highest BCUT2D eigenvalue weighted by atomic mass is 15.3. The van der Waals surface area contributed by atoms with Gasteiger partial charge in [-0.2, -0.15) is 0 Å². The van der Waals surface area contributed by atoms with Crippen molar-refractivity contribution in [1.29, 1.82) is 0 Å².